The molecule has 0 aliphatic heterocycles. The van der Waals surface area contributed by atoms with Crippen LogP contribution in [0.15, 0.2) is 9.59 Å². The van der Waals surface area contributed by atoms with Crippen LogP contribution in [0, 0.1) is 0 Å². The molecule has 0 aromatic carbocycles. The average Bonchev–Trinajstić information content (AvgIpc) is 2.64. The van der Waals surface area contributed by atoms with Crippen LogP contribution in [0.2, 0.25) is 0 Å². The zero-order chi connectivity index (χ0) is 12.7. The molecule has 0 saturated carbocycles. The van der Waals surface area contributed by atoms with E-state index >= 15 is 0 Å². The second-order valence-corrected chi connectivity index (χ2v) is 4.34. The molecule has 0 fully saturated rings. The fourth-order valence-electron chi connectivity index (χ4n) is 1.89. The van der Waals surface area contributed by atoms with E-state index in [0.717, 1.165) is 5.82 Å². The van der Waals surface area contributed by atoms with Gasteiger partial charge in [-0.1, -0.05) is 15.9 Å². The Morgan fingerprint density at radius 2 is 1.88 bits per heavy atom. The number of rotatable bonds is 2. The van der Waals surface area contributed by atoms with Crippen molar-refractivity contribution < 1.29 is 0 Å². The smallest absolute Gasteiger partial charge is 0.325 e. The number of hydrogen-bond donors (Lipinski definition) is 0. The van der Waals surface area contributed by atoms with E-state index < -0.39 is 0 Å². The first kappa shape index (κ1) is 12.1. The molecule has 0 N–H and O–H groups in total. The van der Waals surface area contributed by atoms with Gasteiger partial charge in [0.05, 0.1) is 5.33 Å². The van der Waals surface area contributed by atoms with Crippen molar-refractivity contribution in [2.75, 3.05) is 0 Å². The Kier molecular flexibility index (Phi) is 2.94. The van der Waals surface area contributed by atoms with Gasteiger partial charge in [0.15, 0.2) is 11.2 Å². The van der Waals surface area contributed by atoms with Gasteiger partial charge < -0.3 is 4.57 Å². The van der Waals surface area contributed by atoms with Crippen LogP contribution < -0.4 is 11.2 Å². The second-order valence-electron chi connectivity index (χ2n) is 3.78. The molecule has 0 aliphatic rings. The largest absolute Gasteiger partial charge is 0.332 e. The van der Waals surface area contributed by atoms with E-state index in [4.69, 9.17) is 0 Å². The summed E-state index contributed by atoms with van der Waals surface area (Å²) in [6, 6.07) is 0. The zero-order valence-electron chi connectivity index (χ0n) is 9.90. The Labute approximate surface area is 106 Å². The minimum absolute atomic E-state index is 0.284. The molecule has 0 radical (unpaired) electrons. The van der Waals surface area contributed by atoms with Gasteiger partial charge in [-0.15, -0.1) is 0 Å². The molecule has 0 atom stereocenters. The lowest BCUT2D eigenvalue weighted by atomic mass is 10.5. The lowest BCUT2D eigenvalue weighted by Crippen LogP contribution is -2.39. The molecule has 0 saturated heterocycles. The SMILES string of the molecule is CCn1c(=O)c2c(nc(CBr)n2C)n(C)c1=O. The Balaban J connectivity index is 3.08. The Morgan fingerprint density at radius 3 is 2.41 bits per heavy atom. The van der Waals surface area contributed by atoms with E-state index in [2.05, 4.69) is 20.9 Å². The normalized spacial score (nSPS) is 11.3. The predicted octanol–water partition coefficient (Wildman–Crippen LogP) is 0.349. The van der Waals surface area contributed by atoms with Crippen molar-refractivity contribution >= 4 is 27.1 Å². The fraction of sp³-hybridized carbons (Fsp3) is 0.500. The van der Waals surface area contributed by atoms with Gasteiger partial charge in [0.25, 0.3) is 5.56 Å². The molecular weight excluding hydrogens is 288 g/mol. The quantitative estimate of drug-likeness (QED) is 0.752. The molecule has 2 heterocycles. The van der Waals surface area contributed by atoms with Gasteiger partial charge in [-0.2, -0.15) is 0 Å². The van der Waals surface area contributed by atoms with Gasteiger partial charge in [0.1, 0.15) is 5.82 Å². The third kappa shape index (κ3) is 1.56. The summed E-state index contributed by atoms with van der Waals surface area (Å²) in [7, 11) is 3.40. The summed E-state index contributed by atoms with van der Waals surface area (Å²) in [5, 5.41) is 0.540. The van der Waals surface area contributed by atoms with Crippen molar-refractivity contribution in [1.82, 2.24) is 18.7 Å². The highest BCUT2D eigenvalue weighted by atomic mass is 79.9. The number of halogens is 1. The molecule has 2 rings (SSSR count). The van der Waals surface area contributed by atoms with E-state index in [9.17, 15) is 9.59 Å². The number of aromatic nitrogens is 4. The van der Waals surface area contributed by atoms with Crippen molar-refractivity contribution in [1.29, 1.82) is 0 Å². The van der Waals surface area contributed by atoms with E-state index in [-0.39, 0.29) is 11.2 Å². The van der Waals surface area contributed by atoms with Crippen LogP contribution >= 0.6 is 15.9 Å². The van der Waals surface area contributed by atoms with Crippen molar-refractivity contribution in [3.63, 3.8) is 0 Å². The first-order valence-electron chi connectivity index (χ1n) is 5.24. The second kappa shape index (κ2) is 4.14. The van der Waals surface area contributed by atoms with Crippen LogP contribution in [0.3, 0.4) is 0 Å². The van der Waals surface area contributed by atoms with Crippen molar-refractivity contribution in [2.45, 2.75) is 18.8 Å². The Bertz CT molecular complexity index is 695. The monoisotopic (exact) mass is 300 g/mol. The van der Waals surface area contributed by atoms with Crippen LogP contribution in [0.25, 0.3) is 11.2 Å². The number of imidazole rings is 1. The molecule has 17 heavy (non-hydrogen) atoms. The Hall–Kier alpha value is -1.37. The maximum absolute atomic E-state index is 12.2. The molecule has 0 unspecified atom stereocenters. The molecule has 0 aliphatic carbocycles. The first-order chi connectivity index (χ1) is 8.02. The maximum Gasteiger partial charge on any atom is 0.332 e. The number of alkyl halides is 1. The van der Waals surface area contributed by atoms with Gasteiger partial charge in [-0.25, -0.2) is 9.78 Å². The molecule has 2 aromatic rings. The molecule has 6 nitrogen and oxygen atoms in total. The number of aryl methyl sites for hydroxylation is 2. The van der Waals surface area contributed by atoms with Gasteiger partial charge in [0.2, 0.25) is 0 Å². The summed E-state index contributed by atoms with van der Waals surface area (Å²) in [4.78, 5) is 28.4. The summed E-state index contributed by atoms with van der Waals surface area (Å²) < 4.78 is 4.34. The fourth-order valence-corrected chi connectivity index (χ4v) is 2.39. The van der Waals surface area contributed by atoms with Crippen molar-refractivity contribution in [2.24, 2.45) is 14.1 Å². The maximum atomic E-state index is 12.2. The molecule has 0 spiro atoms. The molecule has 0 amide bonds. The Morgan fingerprint density at radius 1 is 1.24 bits per heavy atom. The number of nitrogens with zero attached hydrogens (tertiary/aromatic N) is 4. The van der Waals surface area contributed by atoms with E-state index in [1.54, 1.807) is 25.6 Å². The van der Waals surface area contributed by atoms with E-state index in [0.29, 0.717) is 23.0 Å². The lowest BCUT2D eigenvalue weighted by Gasteiger charge is -2.05. The average molecular weight is 301 g/mol. The summed E-state index contributed by atoms with van der Waals surface area (Å²) in [6.07, 6.45) is 0. The molecular formula is C10H13BrN4O2. The van der Waals surface area contributed by atoms with Crippen LogP contribution in [-0.4, -0.2) is 18.7 Å². The molecule has 2 aromatic heterocycles. The summed E-state index contributed by atoms with van der Waals surface area (Å²) >= 11 is 3.31. The topological polar surface area (TPSA) is 61.8 Å². The minimum Gasteiger partial charge on any atom is -0.325 e. The minimum atomic E-state index is -0.329. The molecule has 0 bridgehead atoms. The van der Waals surface area contributed by atoms with Gasteiger partial charge in [0, 0.05) is 20.6 Å². The highest BCUT2D eigenvalue weighted by Gasteiger charge is 2.16. The summed E-state index contributed by atoms with van der Waals surface area (Å²) in [5.41, 5.74) is 0.280. The number of fused-ring (bicyclic) bond motifs is 1. The third-order valence-electron chi connectivity index (χ3n) is 2.89. The third-order valence-corrected chi connectivity index (χ3v) is 3.39. The highest BCUT2D eigenvalue weighted by Crippen LogP contribution is 2.11. The zero-order valence-corrected chi connectivity index (χ0v) is 11.5. The molecule has 92 valence electrons. The van der Waals surface area contributed by atoms with Crippen LogP contribution in [0.4, 0.5) is 0 Å². The van der Waals surface area contributed by atoms with Crippen molar-refractivity contribution in [3.05, 3.63) is 26.7 Å². The molecule has 7 heteroatoms. The standard InChI is InChI=1S/C10H13BrN4O2/c1-4-15-9(16)7-8(14(3)10(15)17)12-6(5-11)13(7)2/h4-5H2,1-3H3. The predicted molar refractivity (Wildman–Crippen MR) is 68.5 cm³/mol. The van der Waals surface area contributed by atoms with E-state index in [1.165, 1.54) is 9.13 Å². The van der Waals surface area contributed by atoms with Gasteiger partial charge in [-0.3, -0.25) is 13.9 Å². The van der Waals surface area contributed by atoms with Crippen LogP contribution in [0.5, 0.6) is 0 Å². The summed E-state index contributed by atoms with van der Waals surface area (Å²) in [5.74, 6) is 0.723. The van der Waals surface area contributed by atoms with Gasteiger partial charge >= 0.3 is 5.69 Å². The van der Waals surface area contributed by atoms with Crippen LogP contribution in [-0.2, 0) is 26.0 Å². The lowest BCUT2D eigenvalue weighted by molar-refractivity contribution is 0.635. The van der Waals surface area contributed by atoms with E-state index in [1.807, 2.05) is 0 Å². The van der Waals surface area contributed by atoms with Crippen molar-refractivity contribution in [3.8, 4) is 0 Å². The number of hydrogen-bond acceptors (Lipinski definition) is 3. The van der Waals surface area contributed by atoms with Gasteiger partial charge in [-0.05, 0) is 6.92 Å². The summed E-state index contributed by atoms with van der Waals surface area (Å²) in [6.45, 7) is 2.13. The first-order valence-corrected chi connectivity index (χ1v) is 6.36. The highest BCUT2D eigenvalue weighted by molar-refractivity contribution is 9.08. The van der Waals surface area contributed by atoms with Crippen LogP contribution in [0.1, 0.15) is 12.7 Å².